The Hall–Kier alpha value is -2.47. The van der Waals surface area contributed by atoms with Crippen LogP contribution < -0.4 is 10.6 Å². The van der Waals surface area contributed by atoms with Gasteiger partial charge >= 0.3 is 6.03 Å². The van der Waals surface area contributed by atoms with Crippen LogP contribution in [0.3, 0.4) is 0 Å². The van der Waals surface area contributed by atoms with Crippen LogP contribution in [0.5, 0.6) is 0 Å². The van der Waals surface area contributed by atoms with Crippen molar-refractivity contribution in [3.05, 3.63) is 65.7 Å². The summed E-state index contributed by atoms with van der Waals surface area (Å²) < 4.78 is 26.1. The molecule has 0 aliphatic rings. The van der Waals surface area contributed by atoms with Crippen LogP contribution in [-0.4, -0.2) is 17.7 Å². The van der Waals surface area contributed by atoms with E-state index in [0.717, 1.165) is 0 Å². The van der Waals surface area contributed by atoms with E-state index in [0.29, 0.717) is 5.69 Å². The number of aliphatic hydroxyl groups is 1. The Kier molecular flexibility index (Phi) is 4.84. The molecule has 4 nitrogen and oxygen atoms in total. The van der Waals surface area contributed by atoms with Crippen LogP contribution in [0.4, 0.5) is 19.3 Å². The molecule has 0 fully saturated rings. The highest BCUT2D eigenvalue weighted by Gasteiger charge is 2.13. The maximum atomic E-state index is 13.4. The first kappa shape index (κ1) is 14.9. The van der Waals surface area contributed by atoms with Crippen molar-refractivity contribution in [2.45, 2.75) is 6.10 Å². The maximum Gasteiger partial charge on any atom is 0.319 e. The SMILES string of the molecule is O=C(NC[C@H](O)c1ccccc1F)Nc1ccc(F)cc1. The molecule has 2 aromatic rings. The molecule has 0 aliphatic carbocycles. The number of amides is 2. The Labute approximate surface area is 120 Å². The van der Waals surface area contributed by atoms with Crippen molar-refractivity contribution in [1.82, 2.24) is 5.32 Å². The first-order valence-electron chi connectivity index (χ1n) is 6.29. The van der Waals surface area contributed by atoms with Crippen molar-refractivity contribution in [2.75, 3.05) is 11.9 Å². The second-order valence-corrected chi connectivity index (χ2v) is 4.38. The zero-order valence-corrected chi connectivity index (χ0v) is 11.0. The number of nitrogens with one attached hydrogen (secondary N) is 2. The second kappa shape index (κ2) is 6.81. The van der Waals surface area contributed by atoms with Gasteiger partial charge in [-0.3, -0.25) is 0 Å². The Morgan fingerprint density at radius 1 is 1.10 bits per heavy atom. The van der Waals surface area contributed by atoms with Crippen LogP contribution in [0.25, 0.3) is 0 Å². The quantitative estimate of drug-likeness (QED) is 0.811. The van der Waals surface area contributed by atoms with Gasteiger partial charge in [0.25, 0.3) is 0 Å². The summed E-state index contributed by atoms with van der Waals surface area (Å²) >= 11 is 0. The minimum atomic E-state index is -1.15. The Balaban J connectivity index is 1.86. The van der Waals surface area contributed by atoms with Crippen molar-refractivity contribution in [3.63, 3.8) is 0 Å². The fourth-order valence-electron chi connectivity index (χ4n) is 1.75. The van der Waals surface area contributed by atoms with Crippen LogP contribution >= 0.6 is 0 Å². The molecule has 0 aliphatic heterocycles. The number of halogens is 2. The fourth-order valence-corrected chi connectivity index (χ4v) is 1.75. The summed E-state index contributed by atoms with van der Waals surface area (Å²) in [5.41, 5.74) is 0.522. The normalized spacial score (nSPS) is 11.8. The number of aliphatic hydroxyl groups excluding tert-OH is 1. The summed E-state index contributed by atoms with van der Waals surface area (Å²) in [6, 6.07) is 10.5. The van der Waals surface area contributed by atoms with Crippen molar-refractivity contribution in [2.24, 2.45) is 0 Å². The molecule has 21 heavy (non-hydrogen) atoms. The van der Waals surface area contributed by atoms with Crippen LogP contribution in [0.2, 0.25) is 0 Å². The average molecular weight is 292 g/mol. The number of hydrogen-bond acceptors (Lipinski definition) is 2. The van der Waals surface area contributed by atoms with E-state index in [4.69, 9.17) is 0 Å². The summed E-state index contributed by atoms with van der Waals surface area (Å²) in [5, 5.41) is 14.7. The molecule has 0 heterocycles. The molecule has 1 atom stereocenters. The highest BCUT2D eigenvalue weighted by atomic mass is 19.1. The number of urea groups is 1. The van der Waals surface area contributed by atoms with Crippen molar-refractivity contribution in [1.29, 1.82) is 0 Å². The number of benzene rings is 2. The molecular weight excluding hydrogens is 278 g/mol. The molecule has 0 aromatic heterocycles. The second-order valence-electron chi connectivity index (χ2n) is 4.38. The van der Waals surface area contributed by atoms with Gasteiger partial charge in [-0.15, -0.1) is 0 Å². The van der Waals surface area contributed by atoms with E-state index in [9.17, 15) is 18.7 Å². The molecule has 0 spiro atoms. The lowest BCUT2D eigenvalue weighted by atomic mass is 10.1. The lowest BCUT2D eigenvalue weighted by Gasteiger charge is -2.13. The molecule has 2 rings (SSSR count). The Morgan fingerprint density at radius 2 is 1.76 bits per heavy atom. The van der Waals surface area contributed by atoms with Crippen molar-refractivity contribution >= 4 is 11.7 Å². The zero-order chi connectivity index (χ0) is 15.2. The summed E-state index contributed by atoms with van der Waals surface area (Å²) in [6.45, 7) is -0.145. The van der Waals surface area contributed by atoms with Gasteiger partial charge in [0.15, 0.2) is 0 Å². The minimum absolute atomic E-state index is 0.111. The number of carbonyl (C=O) groups excluding carboxylic acids is 1. The highest BCUT2D eigenvalue weighted by Crippen LogP contribution is 2.15. The van der Waals surface area contributed by atoms with E-state index in [1.807, 2.05) is 0 Å². The van der Waals surface area contributed by atoms with E-state index < -0.39 is 23.8 Å². The van der Waals surface area contributed by atoms with E-state index in [1.165, 1.54) is 42.5 Å². The number of rotatable bonds is 4. The molecule has 110 valence electrons. The van der Waals surface area contributed by atoms with Crippen LogP contribution in [-0.2, 0) is 0 Å². The fraction of sp³-hybridized carbons (Fsp3) is 0.133. The smallest absolute Gasteiger partial charge is 0.319 e. The number of anilines is 1. The summed E-state index contributed by atoms with van der Waals surface area (Å²) in [5.74, 6) is -0.943. The third kappa shape index (κ3) is 4.25. The standard InChI is InChI=1S/C15H14F2N2O2/c16-10-5-7-11(8-6-10)19-15(21)18-9-14(20)12-3-1-2-4-13(12)17/h1-8,14,20H,9H2,(H2,18,19,21)/t14-/m0/s1. The van der Waals surface area contributed by atoms with Crippen molar-refractivity contribution in [3.8, 4) is 0 Å². The van der Waals surface area contributed by atoms with Gasteiger partial charge in [-0.2, -0.15) is 0 Å². The summed E-state index contributed by atoms with van der Waals surface area (Å²) in [6.07, 6.45) is -1.15. The molecule has 3 N–H and O–H groups in total. The molecule has 2 amide bonds. The predicted octanol–water partition coefficient (Wildman–Crippen LogP) is 2.82. The summed E-state index contributed by atoms with van der Waals surface area (Å²) in [7, 11) is 0. The molecule has 0 saturated heterocycles. The molecule has 0 saturated carbocycles. The third-order valence-electron chi connectivity index (χ3n) is 2.82. The lowest BCUT2D eigenvalue weighted by molar-refractivity contribution is 0.170. The largest absolute Gasteiger partial charge is 0.386 e. The molecule has 0 unspecified atom stereocenters. The van der Waals surface area contributed by atoms with E-state index in [2.05, 4.69) is 10.6 Å². The van der Waals surface area contributed by atoms with Gasteiger partial charge in [0.05, 0.1) is 6.10 Å². The van der Waals surface area contributed by atoms with Gasteiger partial charge in [-0.05, 0) is 30.3 Å². The van der Waals surface area contributed by atoms with E-state index in [-0.39, 0.29) is 12.1 Å². The topological polar surface area (TPSA) is 61.4 Å². The number of hydrogen-bond donors (Lipinski definition) is 3. The minimum Gasteiger partial charge on any atom is -0.386 e. The molecule has 0 radical (unpaired) electrons. The maximum absolute atomic E-state index is 13.4. The van der Waals surface area contributed by atoms with Gasteiger partial charge in [-0.1, -0.05) is 18.2 Å². The van der Waals surface area contributed by atoms with Crippen molar-refractivity contribution < 1.29 is 18.7 Å². The van der Waals surface area contributed by atoms with Gasteiger partial charge in [-0.25, -0.2) is 13.6 Å². The first-order chi connectivity index (χ1) is 10.1. The van der Waals surface area contributed by atoms with E-state index in [1.54, 1.807) is 6.07 Å². The summed E-state index contributed by atoms with van der Waals surface area (Å²) in [4.78, 5) is 11.6. The Bertz CT molecular complexity index is 617. The van der Waals surface area contributed by atoms with Crippen LogP contribution in [0.15, 0.2) is 48.5 Å². The molecular formula is C15H14F2N2O2. The van der Waals surface area contributed by atoms with Crippen LogP contribution in [0, 0.1) is 11.6 Å². The number of carbonyl (C=O) groups is 1. The molecule has 2 aromatic carbocycles. The highest BCUT2D eigenvalue weighted by molar-refractivity contribution is 5.89. The van der Waals surface area contributed by atoms with Gasteiger partial charge in [0, 0.05) is 17.8 Å². The Morgan fingerprint density at radius 3 is 2.43 bits per heavy atom. The first-order valence-corrected chi connectivity index (χ1v) is 6.29. The molecule has 6 heteroatoms. The van der Waals surface area contributed by atoms with Gasteiger partial charge in [0.2, 0.25) is 0 Å². The van der Waals surface area contributed by atoms with Gasteiger partial charge in [0.1, 0.15) is 11.6 Å². The van der Waals surface area contributed by atoms with Crippen LogP contribution in [0.1, 0.15) is 11.7 Å². The average Bonchev–Trinajstić information content (AvgIpc) is 2.48. The zero-order valence-electron chi connectivity index (χ0n) is 11.0. The molecule has 0 bridgehead atoms. The third-order valence-corrected chi connectivity index (χ3v) is 2.82. The van der Waals surface area contributed by atoms with Gasteiger partial charge < -0.3 is 15.7 Å². The van der Waals surface area contributed by atoms with E-state index >= 15 is 0 Å². The predicted molar refractivity (Wildman–Crippen MR) is 74.8 cm³/mol. The monoisotopic (exact) mass is 292 g/mol. The lowest BCUT2D eigenvalue weighted by Crippen LogP contribution is -2.32.